The van der Waals surface area contributed by atoms with Crippen LogP contribution in [0.15, 0.2) is 36.5 Å². The third-order valence-corrected chi connectivity index (χ3v) is 4.07. The summed E-state index contributed by atoms with van der Waals surface area (Å²) in [4.78, 5) is 12.4. The molecule has 1 aliphatic rings. The number of fused-ring (bicyclic) bond motifs is 1. The summed E-state index contributed by atoms with van der Waals surface area (Å²) in [5, 5.41) is 7.38. The Morgan fingerprint density at radius 1 is 1.29 bits per heavy atom. The summed E-state index contributed by atoms with van der Waals surface area (Å²) in [5.41, 5.74) is 3.41. The van der Waals surface area contributed by atoms with Crippen LogP contribution in [0.4, 0.5) is 0 Å². The lowest BCUT2D eigenvalue weighted by molar-refractivity contribution is 0.0921. The van der Waals surface area contributed by atoms with E-state index in [1.165, 1.54) is 11.1 Å². The Morgan fingerprint density at radius 3 is 2.81 bits per heavy atom. The number of aromatic nitrogens is 2. The van der Waals surface area contributed by atoms with Crippen LogP contribution in [0.3, 0.4) is 0 Å². The van der Waals surface area contributed by atoms with Crippen molar-refractivity contribution in [2.75, 3.05) is 0 Å². The molecule has 3 rings (SSSR count). The first-order chi connectivity index (χ1) is 10.1. The van der Waals surface area contributed by atoms with Crippen LogP contribution in [0.25, 0.3) is 0 Å². The summed E-state index contributed by atoms with van der Waals surface area (Å²) >= 11 is 0. The number of aryl methyl sites for hydroxylation is 1. The van der Waals surface area contributed by atoms with Crippen LogP contribution in [-0.4, -0.2) is 21.7 Å². The molecule has 1 amide bonds. The Hall–Kier alpha value is -2.10. The Labute approximate surface area is 125 Å². The van der Waals surface area contributed by atoms with Crippen LogP contribution in [-0.2, 0) is 12.8 Å². The number of carbonyl (C=O) groups is 1. The number of hydrogen-bond acceptors (Lipinski definition) is 2. The average Bonchev–Trinajstić information content (AvgIpc) is 2.97. The molecule has 1 atom stereocenters. The number of hydrogen-bond donors (Lipinski definition) is 1. The smallest absolute Gasteiger partial charge is 0.269 e. The molecule has 1 aromatic carbocycles. The van der Waals surface area contributed by atoms with E-state index in [2.05, 4.69) is 34.7 Å². The number of benzene rings is 1. The number of carbonyl (C=O) groups excluding carboxylic acids is 1. The van der Waals surface area contributed by atoms with Crippen molar-refractivity contribution >= 4 is 5.91 Å². The first-order valence-electron chi connectivity index (χ1n) is 7.56. The van der Waals surface area contributed by atoms with Crippen molar-refractivity contribution < 1.29 is 4.79 Å². The van der Waals surface area contributed by atoms with Gasteiger partial charge in [0.1, 0.15) is 5.69 Å². The maximum Gasteiger partial charge on any atom is 0.269 e. The minimum absolute atomic E-state index is 0.0226. The lowest BCUT2D eigenvalue weighted by Gasteiger charge is -2.25. The molecule has 1 aromatic heterocycles. The van der Waals surface area contributed by atoms with Crippen molar-refractivity contribution in [3.8, 4) is 0 Å². The van der Waals surface area contributed by atoms with Gasteiger partial charge in [-0.15, -0.1) is 0 Å². The van der Waals surface area contributed by atoms with Crippen LogP contribution in [0.1, 0.15) is 47.9 Å². The van der Waals surface area contributed by atoms with Gasteiger partial charge in [-0.3, -0.25) is 9.48 Å². The molecule has 1 aliphatic carbocycles. The van der Waals surface area contributed by atoms with Crippen molar-refractivity contribution in [2.45, 2.75) is 45.2 Å². The normalized spacial score (nSPS) is 17.6. The first-order valence-corrected chi connectivity index (χ1v) is 7.56. The zero-order chi connectivity index (χ0) is 14.8. The highest BCUT2D eigenvalue weighted by Gasteiger charge is 2.22. The minimum Gasteiger partial charge on any atom is -0.348 e. The number of nitrogens with one attached hydrogen (secondary N) is 1. The Morgan fingerprint density at radius 2 is 2.05 bits per heavy atom. The second-order valence-corrected chi connectivity index (χ2v) is 5.94. The van der Waals surface area contributed by atoms with Crippen molar-refractivity contribution in [3.05, 3.63) is 53.3 Å². The summed E-state index contributed by atoms with van der Waals surface area (Å²) in [7, 11) is 0. The molecule has 0 radical (unpaired) electrons. The lowest BCUT2D eigenvalue weighted by Crippen LogP contribution is -2.39. The molecule has 0 spiro atoms. The summed E-state index contributed by atoms with van der Waals surface area (Å²) < 4.78 is 1.77. The van der Waals surface area contributed by atoms with E-state index in [1.54, 1.807) is 16.9 Å². The maximum atomic E-state index is 12.4. The molecule has 4 heteroatoms. The fraction of sp³-hybridized carbons (Fsp3) is 0.412. The molecular formula is C17H21N3O. The molecule has 0 fully saturated rings. The van der Waals surface area contributed by atoms with E-state index >= 15 is 0 Å². The van der Waals surface area contributed by atoms with Gasteiger partial charge in [0.05, 0.1) is 0 Å². The molecule has 1 N–H and O–H groups in total. The Bertz CT molecular complexity index is 645. The van der Waals surface area contributed by atoms with Crippen LogP contribution in [0.5, 0.6) is 0 Å². The minimum atomic E-state index is -0.0226. The molecule has 21 heavy (non-hydrogen) atoms. The molecule has 4 nitrogen and oxygen atoms in total. The SMILES string of the molecule is CC(C)n1nccc1C(=O)NC1CCc2ccccc2C1. The van der Waals surface area contributed by atoms with Crippen molar-refractivity contribution in [3.63, 3.8) is 0 Å². The van der Waals surface area contributed by atoms with E-state index in [-0.39, 0.29) is 18.0 Å². The van der Waals surface area contributed by atoms with Gasteiger partial charge in [-0.1, -0.05) is 24.3 Å². The van der Waals surface area contributed by atoms with E-state index in [1.807, 2.05) is 13.8 Å². The highest BCUT2D eigenvalue weighted by atomic mass is 16.2. The standard InChI is InChI=1S/C17H21N3O/c1-12(2)20-16(9-10-18-20)17(21)19-15-8-7-13-5-3-4-6-14(13)11-15/h3-6,9-10,12,15H,7-8,11H2,1-2H3,(H,19,21). The number of rotatable bonds is 3. The summed E-state index contributed by atoms with van der Waals surface area (Å²) in [5.74, 6) is -0.0226. The molecule has 110 valence electrons. The van der Waals surface area contributed by atoms with Crippen molar-refractivity contribution in [2.24, 2.45) is 0 Å². The van der Waals surface area contributed by atoms with Gasteiger partial charge in [0, 0.05) is 18.3 Å². The van der Waals surface area contributed by atoms with E-state index in [9.17, 15) is 4.79 Å². The zero-order valence-corrected chi connectivity index (χ0v) is 12.5. The summed E-state index contributed by atoms with van der Waals surface area (Å²) in [6.45, 7) is 4.06. The summed E-state index contributed by atoms with van der Waals surface area (Å²) in [6.07, 6.45) is 4.63. The molecule has 0 saturated heterocycles. The Kier molecular flexibility index (Phi) is 3.78. The van der Waals surface area contributed by atoms with Gasteiger partial charge in [0.15, 0.2) is 0 Å². The predicted molar refractivity (Wildman–Crippen MR) is 82.3 cm³/mol. The quantitative estimate of drug-likeness (QED) is 0.941. The predicted octanol–water partition coefficient (Wildman–Crippen LogP) is 2.75. The van der Waals surface area contributed by atoms with Crippen LogP contribution < -0.4 is 5.32 Å². The van der Waals surface area contributed by atoms with E-state index in [4.69, 9.17) is 0 Å². The second kappa shape index (κ2) is 5.72. The monoisotopic (exact) mass is 283 g/mol. The first kappa shape index (κ1) is 13.9. The van der Waals surface area contributed by atoms with E-state index in [0.717, 1.165) is 19.3 Å². The fourth-order valence-electron chi connectivity index (χ4n) is 2.99. The molecule has 1 unspecified atom stereocenters. The third kappa shape index (κ3) is 2.84. The maximum absolute atomic E-state index is 12.4. The average molecular weight is 283 g/mol. The van der Waals surface area contributed by atoms with Gasteiger partial charge in [-0.2, -0.15) is 5.10 Å². The van der Waals surface area contributed by atoms with Gasteiger partial charge in [-0.25, -0.2) is 0 Å². The fourth-order valence-corrected chi connectivity index (χ4v) is 2.99. The molecular weight excluding hydrogens is 262 g/mol. The third-order valence-electron chi connectivity index (χ3n) is 4.07. The summed E-state index contributed by atoms with van der Waals surface area (Å²) in [6, 6.07) is 10.7. The van der Waals surface area contributed by atoms with E-state index < -0.39 is 0 Å². The van der Waals surface area contributed by atoms with Crippen molar-refractivity contribution in [1.29, 1.82) is 0 Å². The molecule has 2 aromatic rings. The number of nitrogens with zero attached hydrogens (tertiary/aromatic N) is 2. The highest BCUT2D eigenvalue weighted by Crippen LogP contribution is 2.21. The van der Waals surface area contributed by atoms with Gasteiger partial charge in [-0.05, 0) is 50.3 Å². The topological polar surface area (TPSA) is 46.9 Å². The van der Waals surface area contributed by atoms with Crippen LogP contribution in [0, 0.1) is 0 Å². The molecule has 0 saturated carbocycles. The zero-order valence-electron chi connectivity index (χ0n) is 12.5. The highest BCUT2D eigenvalue weighted by molar-refractivity contribution is 5.92. The number of amides is 1. The Balaban J connectivity index is 1.70. The molecule has 0 bridgehead atoms. The van der Waals surface area contributed by atoms with Crippen LogP contribution >= 0.6 is 0 Å². The second-order valence-electron chi connectivity index (χ2n) is 5.94. The van der Waals surface area contributed by atoms with Gasteiger partial charge < -0.3 is 5.32 Å². The van der Waals surface area contributed by atoms with Crippen LogP contribution in [0.2, 0.25) is 0 Å². The van der Waals surface area contributed by atoms with E-state index in [0.29, 0.717) is 5.69 Å². The van der Waals surface area contributed by atoms with Crippen molar-refractivity contribution in [1.82, 2.24) is 15.1 Å². The lowest BCUT2D eigenvalue weighted by atomic mass is 9.88. The largest absolute Gasteiger partial charge is 0.348 e. The van der Waals surface area contributed by atoms with Gasteiger partial charge in [0.25, 0.3) is 5.91 Å². The van der Waals surface area contributed by atoms with Gasteiger partial charge in [0.2, 0.25) is 0 Å². The van der Waals surface area contributed by atoms with Gasteiger partial charge >= 0.3 is 0 Å². The molecule has 1 heterocycles. The molecule has 0 aliphatic heterocycles.